The summed E-state index contributed by atoms with van der Waals surface area (Å²) >= 11 is 1.71. The molecule has 1 atom stereocenters. The molecular formula is C18H23N3O3S. The van der Waals surface area contributed by atoms with Crippen LogP contribution in [0.25, 0.3) is 10.2 Å². The molecule has 3 heterocycles. The van der Waals surface area contributed by atoms with Crippen LogP contribution in [0.15, 0.2) is 24.3 Å². The van der Waals surface area contributed by atoms with Gasteiger partial charge in [-0.2, -0.15) is 0 Å². The first-order chi connectivity index (χ1) is 12.3. The lowest BCUT2D eigenvalue weighted by molar-refractivity contribution is -0.137. The second-order valence-electron chi connectivity index (χ2n) is 6.48. The zero-order chi connectivity index (χ0) is 17.1. The Kier molecular flexibility index (Phi) is 5.14. The minimum atomic E-state index is 0.0712. The van der Waals surface area contributed by atoms with E-state index >= 15 is 0 Å². The number of rotatable bonds is 5. The fourth-order valence-electron chi connectivity index (χ4n) is 3.29. The van der Waals surface area contributed by atoms with Gasteiger partial charge >= 0.3 is 0 Å². The molecule has 134 valence electrons. The van der Waals surface area contributed by atoms with E-state index in [1.54, 1.807) is 11.3 Å². The third kappa shape index (κ3) is 3.94. The van der Waals surface area contributed by atoms with Crippen molar-refractivity contribution in [3.8, 4) is 0 Å². The van der Waals surface area contributed by atoms with Gasteiger partial charge in [-0.15, -0.1) is 0 Å². The molecule has 0 bridgehead atoms. The zero-order valence-electron chi connectivity index (χ0n) is 14.2. The number of carbonyl (C=O) groups is 1. The topological polar surface area (TPSA) is 54.9 Å². The van der Waals surface area contributed by atoms with Crippen LogP contribution in [-0.2, 0) is 14.3 Å². The van der Waals surface area contributed by atoms with Crippen molar-refractivity contribution in [3.63, 3.8) is 0 Å². The number of piperazine rings is 1. The van der Waals surface area contributed by atoms with E-state index < -0.39 is 0 Å². The number of aromatic nitrogens is 1. The van der Waals surface area contributed by atoms with E-state index in [0.29, 0.717) is 6.61 Å². The van der Waals surface area contributed by atoms with Gasteiger partial charge in [0.25, 0.3) is 0 Å². The third-order valence-corrected chi connectivity index (χ3v) is 5.84. The predicted octanol–water partition coefficient (Wildman–Crippen LogP) is 2.14. The van der Waals surface area contributed by atoms with Gasteiger partial charge in [0.05, 0.1) is 22.9 Å². The lowest BCUT2D eigenvalue weighted by atomic mass is 10.2. The van der Waals surface area contributed by atoms with E-state index in [1.807, 2.05) is 23.1 Å². The van der Waals surface area contributed by atoms with Crippen molar-refractivity contribution in [2.24, 2.45) is 0 Å². The fourth-order valence-corrected chi connectivity index (χ4v) is 4.30. The van der Waals surface area contributed by atoms with Crippen molar-refractivity contribution in [1.29, 1.82) is 0 Å². The van der Waals surface area contributed by atoms with Gasteiger partial charge in [-0.1, -0.05) is 23.5 Å². The summed E-state index contributed by atoms with van der Waals surface area (Å²) in [6.45, 7) is 4.57. The monoisotopic (exact) mass is 361 g/mol. The van der Waals surface area contributed by atoms with Crippen LogP contribution in [0.2, 0.25) is 0 Å². The maximum atomic E-state index is 12.3. The number of amides is 1. The van der Waals surface area contributed by atoms with E-state index in [0.717, 1.165) is 56.3 Å². The molecule has 0 spiro atoms. The summed E-state index contributed by atoms with van der Waals surface area (Å²) in [4.78, 5) is 21.1. The molecule has 2 aliphatic rings. The summed E-state index contributed by atoms with van der Waals surface area (Å²) in [7, 11) is 0. The van der Waals surface area contributed by atoms with Crippen LogP contribution in [-0.4, -0.2) is 67.9 Å². The maximum absolute atomic E-state index is 12.3. The number of anilines is 1. The average Bonchev–Trinajstić information content (AvgIpc) is 3.31. The highest BCUT2D eigenvalue weighted by atomic mass is 32.1. The van der Waals surface area contributed by atoms with Crippen molar-refractivity contribution in [2.75, 3.05) is 50.9 Å². The molecule has 4 rings (SSSR count). The molecule has 2 aromatic rings. The molecule has 6 nitrogen and oxygen atoms in total. The van der Waals surface area contributed by atoms with E-state index in [1.165, 1.54) is 4.70 Å². The summed E-state index contributed by atoms with van der Waals surface area (Å²) < 4.78 is 12.3. The van der Waals surface area contributed by atoms with E-state index in [4.69, 9.17) is 14.5 Å². The normalized spacial score (nSPS) is 21.2. The number of nitrogens with zero attached hydrogens (tertiary/aromatic N) is 3. The molecule has 2 fully saturated rings. The molecule has 0 unspecified atom stereocenters. The second-order valence-corrected chi connectivity index (χ2v) is 7.49. The number of benzene rings is 1. The lowest BCUT2D eigenvalue weighted by Crippen LogP contribution is -2.49. The average molecular weight is 361 g/mol. The Labute approximate surface area is 151 Å². The Morgan fingerprint density at radius 2 is 2.12 bits per heavy atom. The molecule has 1 amide bonds. The van der Waals surface area contributed by atoms with Crippen LogP contribution in [0.1, 0.15) is 12.8 Å². The molecule has 0 saturated carbocycles. The molecule has 0 N–H and O–H groups in total. The maximum Gasteiger partial charge on any atom is 0.248 e. The van der Waals surface area contributed by atoms with Gasteiger partial charge in [0.15, 0.2) is 5.13 Å². The highest BCUT2D eigenvalue weighted by molar-refractivity contribution is 7.22. The molecule has 25 heavy (non-hydrogen) atoms. The van der Waals surface area contributed by atoms with Crippen LogP contribution in [0.4, 0.5) is 5.13 Å². The van der Waals surface area contributed by atoms with Gasteiger partial charge < -0.3 is 19.3 Å². The molecule has 1 aromatic carbocycles. The fraction of sp³-hybridized carbons (Fsp3) is 0.556. The van der Waals surface area contributed by atoms with Crippen molar-refractivity contribution in [1.82, 2.24) is 9.88 Å². The molecule has 0 radical (unpaired) electrons. The summed E-state index contributed by atoms with van der Waals surface area (Å²) in [5.74, 6) is 0.0712. The molecule has 2 saturated heterocycles. The highest BCUT2D eigenvalue weighted by Crippen LogP contribution is 2.29. The quantitative estimate of drug-likeness (QED) is 0.817. The van der Waals surface area contributed by atoms with Gasteiger partial charge in [-0.05, 0) is 25.0 Å². The first-order valence-corrected chi connectivity index (χ1v) is 9.69. The predicted molar refractivity (Wildman–Crippen MR) is 98.2 cm³/mol. The third-order valence-electron chi connectivity index (χ3n) is 4.74. The van der Waals surface area contributed by atoms with Crippen LogP contribution < -0.4 is 4.90 Å². The number of para-hydroxylation sites is 1. The molecule has 7 heteroatoms. The van der Waals surface area contributed by atoms with Gasteiger partial charge in [-0.3, -0.25) is 4.79 Å². The van der Waals surface area contributed by atoms with Gasteiger partial charge in [0, 0.05) is 32.8 Å². The van der Waals surface area contributed by atoms with E-state index in [-0.39, 0.29) is 18.6 Å². The molecule has 2 aliphatic heterocycles. The van der Waals surface area contributed by atoms with Crippen molar-refractivity contribution < 1.29 is 14.3 Å². The first kappa shape index (κ1) is 16.8. The Bertz CT molecular complexity index is 688. The minimum absolute atomic E-state index is 0.0712. The molecular weight excluding hydrogens is 338 g/mol. The number of carbonyl (C=O) groups excluding carboxylic acids is 1. The largest absolute Gasteiger partial charge is 0.376 e. The lowest BCUT2D eigenvalue weighted by Gasteiger charge is -2.34. The Balaban J connectivity index is 1.25. The second kappa shape index (κ2) is 7.68. The first-order valence-electron chi connectivity index (χ1n) is 8.87. The minimum Gasteiger partial charge on any atom is -0.376 e. The summed E-state index contributed by atoms with van der Waals surface area (Å²) in [5.41, 5.74) is 1.04. The van der Waals surface area contributed by atoms with Crippen LogP contribution in [0.3, 0.4) is 0 Å². The van der Waals surface area contributed by atoms with Crippen molar-refractivity contribution in [2.45, 2.75) is 18.9 Å². The Hall–Kier alpha value is -1.70. The number of fused-ring (bicyclic) bond motifs is 1. The number of thiazole rings is 1. The van der Waals surface area contributed by atoms with E-state index in [9.17, 15) is 4.79 Å². The zero-order valence-corrected chi connectivity index (χ0v) is 15.0. The van der Waals surface area contributed by atoms with Gasteiger partial charge in [0.1, 0.15) is 6.61 Å². The van der Waals surface area contributed by atoms with Gasteiger partial charge in [-0.25, -0.2) is 4.98 Å². The number of hydrogen-bond donors (Lipinski definition) is 0. The van der Waals surface area contributed by atoms with Gasteiger partial charge in [0.2, 0.25) is 5.91 Å². The Morgan fingerprint density at radius 3 is 2.88 bits per heavy atom. The number of ether oxygens (including phenoxy) is 2. The summed E-state index contributed by atoms with van der Waals surface area (Å²) in [5, 5.41) is 1.04. The van der Waals surface area contributed by atoms with Crippen LogP contribution in [0, 0.1) is 0 Å². The summed E-state index contributed by atoms with van der Waals surface area (Å²) in [6, 6.07) is 8.19. The van der Waals surface area contributed by atoms with Crippen molar-refractivity contribution >= 4 is 32.6 Å². The van der Waals surface area contributed by atoms with Crippen LogP contribution in [0.5, 0.6) is 0 Å². The standard InChI is InChI=1S/C18H23N3O3S/c22-17(13-23-12-14-4-3-11-24-14)20-7-9-21(10-8-20)18-19-15-5-1-2-6-16(15)25-18/h1-2,5-6,14H,3-4,7-13H2/t14-/m1/s1. The van der Waals surface area contributed by atoms with Crippen LogP contribution >= 0.6 is 11.3 Å². The van der Waals surface area contributed by atoms with E-state index in [2.05, 4.69) is 11.0 Å². The molecule has 1 aromatic heterocycles. The Morgan fingerprint density at radius 1 is 1.28 bits per heavy atom. The molecule has 0 aliphatic carbocycles. The highest BCUT2D eigenvalue weighted by Gasteiger charge is 2.23. The number of hydrogen-bond acceptors (Lipinski definition) is 6. The smallest absolute Gasteiger partial charge is 0.248 e. The SMILES string of the molecule is O=C(COC[C@H]1CCCO1)N1CCN(c2nc3ccccc3s2)CC1. The summed E-state index contributed by atoms with van der Waals surface area (Å²) in [6.07, 6.45) is 2.30. The van der Waals surface area contributed by atoms with Crippen molar-refractivity contribution in [3.05, 3.63) is 24.3 Å².